The van der Waals surface area contributed by atoms with Crippen LogP contribution >= 0.6 is 0 Å². The quantitative estimate of drug-likeness (QED) is 0.591. The maximum absolute atomic E-state index is 4.82. The Morgan fingerprint density at radius 1 is 1.18 bits per heavy atom. The number of piperidine rings is 1. The summed E-state index contributed by atoms with van der Waals surface area (Å²) in [6.07, 6.45) is 2.26. The van der Waals surface area contributed by atoms with E-state index in [1.165, 1.54) is 5.56 Å². The molecule has 1 aromatic heterocycles. The fraction of sp³-hybridized carbons (Fsp3) is 0.571. The van der Waals surface area contributed by atoms with Gasteiger partial charge in [-0.25, -0.2) is 4.99 Å². The zero-order chi connectivity index (χ0) is 19.9. The molecule has 7 nitrogen and oxygen atoms in total. The van der Waals surface area contributed by atoms with Gasteiger partial charge in [-0.1, -0.05) is 30.3 Å². The second-order valence-corrected chi connectivity index (χ2v) is 7.77. The maximum Gasteiger partial charge on any atom is 0.192 e. The van der Waals surface area contributed by atoms with Crippen molar-refractivity contribution in [1.82, 2.24) is 30.3 Å². The molecule has 1 saturated heterocycles. The van der Waals surface area contributed by atoms with Crippen molar-refractivity contribution in [2.75, 3.05) is 13.1 Å². The molecule has 0 bridgehead atoms. The van der Waals surface area contributed by atoms with Crippen molar-refractivity contribution in [1.29, 1.82) is 0 Å². The molecule has 1 fully saturated rings. The third-order valence-corrected chi connectivity index (χ3v) is 5.46. The van der Waals surface area contributed by atoms with Gasteiger partial charge in [0.25, 0.3) is 0 Å². The monoisotopic (exact) mass is 383 g/mol. The maximum atomic E-state index is 4.82. The number of aromatic nitrogens is 3. The number of nitrogens with zero attached hydrogens (tertiary/aromatic N) is 5. The van der Waals surface area contributed by atoms with Gasteiger partial charge in [0.15, 0.2) is 11.8 Å². The van der Waals surface area contributed by atoms with Crippen LogP contribution < -0.4 is 10.6 Å². The van der Waals surface area contributed by atoms with E-state index in [-0.39, 0.29) is 0 Å². The van der Waals surface area contributed by atoms with E-state index < -0.39 is 0 Å². The van der Waals surface area contributed by atoms with Crippen LogP contribution in [-0.4, -0.2) is 50.8 Å². The zero-order valence-corrected chi connectivity index (χ0v) is 17.5. The number of benzene rings is 1. The van der Waals surface area contributed by atoms with Crippen molar-refractivity contribution in [2.45, 2.75) is 58.8 Å². The standard InChI is InChI=1S/C21H33N7/c1-16(2)28-12-10-19(11-13-28)24-21(22-14-18-8-6-5-7-9-18)23-15-20-26-25-17(3)27(20)4/h5-9,16,19H,10-15H2,1-4H3,(H2,22,23,24). The van der Waals surface area contributed by atoms with E-state index in [1.54, 1.807) is 0 Å². The molecular formula is C21H33N7. The molecular weight excluding hydrogens is 350 g/mol. The SMILES string of the molecule is Cc1nnc(CNC(=NCc2ccccc2)NC2CCN(C(C)C)CC2)n1C. The highest BCUT2D eigenvalue weighted by atomic mass is 15.3. The summed E-state index contributed by atoms with van der Waals surface area (Å²) in [5, 5.41) is 15.5. The number of aryl methyl sites for hydroxylation is 1. The van der Waals surface area contributed by atoms with Crippen molar-refractivity contribution in [3.63, 3.8) is 0 Å². The molecule has 2 aromatic rings. The molecule has 28 heavy (non-hydrogen) atoms. The number of rotatable bonds is 6. The lowest BCUT2D eigenvalue weighted by Crippen LogP contribution is -2.49. The molecule has 7 heteroatoms. The van der Waals surface area contributed by atoms with Gasteiger partial charge in [-0.2, -0.15) is 0 Å². The van der Waals surface area contributed by atoms with Gasteiger partial charge in [-0.05, 0) is 39.2 Å². The highest BCUT2D eigenvalue weighted by molar-refractivity contribution is 5.80. The molecule has 0 unspecified atom stereocenters. The first-order valence-corrected chi connectivity index (χ1v) is 10.2. The lowest BCUT2D eigenvalue weighted by molar-refractivity contribution is 0.167. The van der Waals surface area contributed by atoms with Gasteiger partial charge >= 0.3 is 0 Å². The number of hydrogen-bond donors (Lipinski definition) is 2. The first-order chi connectivity index (χ1) is 13.5. The van der Waals surface area contributed by atoms with Crippen molar-refractivity contribution in [2.24, 2.45) is 12.0 Å². The van der Waals surface area contributed by atoms with Crippen LogP contribution in [0.4, 0.5) is 0 Å². The molecule has 0 amide bonds. The molecule has 0 atom stereocenters. The molecule has 1 aromatic carbocycles. The van der Waals surface area contributed by atoms with Crippen molar-refractivity contribution < 1.29 is 0 Å². The minimum Gasteiger partial charge on any atom is -0.354 e. The van der Waals surface area contributed by atoms with Gasteiger partial charge in [0.05, 0.1) is 13.1 Å². The van der Waals surface area contributed by atoms with E-state index in [0.717, 1.165) is 43.5 Å². The second-order valence-electron chi connectivity index (χ2n) is 7.77. The summed E-state index contributed by atoms with van der Waals surface area (Å²) in [5.74, 6) is 2.66. The van der Waals surface area contributed by atoms with E-state index in [4.69, 9.17) is 4.99 Å². The number of nitrogens with one attached hydrogen (secondary N) is 2. The molecule has 0 radical (unpaired) electrons. The number of aliphatic imine (C=N–C) groups is 1. The molecule has 0 spiro atoms. The van der Waals surface area contributed by atoms with Crippen molar-refractivity contribution in [3.05, 3.63) is 47.5 Å². The first kappa shape index (κ1) is 20.3. The Morgan fingerprint density at radius 2 is 1.89 bits per heavy atom. The van der Waals surface area contributed by atoms with E-state index in [1.807, 2.05) is 24.6 Å². The fourth-order valence-electron chi connectivity index (χ4n) is 3.43. The Kier molecular flexibility index (Phi) is 7.03. The highest BCUT2D eigenvalue weighted by Crippen LogP contribution is 2.13. The van der Waals surface area contributed by atoms with Crippen molar-refractivity contribution in [3.8, 4) is 0 Å². The minimum absolute atomic E-state index is 0.443. The van der Waals surface area contributed by atoms with Crippen LogP contribution in [0.15, 0.2) is 35.3 Å². The Morgan fingerprint density at radius 3 is 2.50 bits per heavy atom. The normalized spacial score (nSPS) is 16.5. The van der Waals surface area contributed by atoms with E-state index in [9.17, 15) is 0 Å². The van der Waals surface area contributed by atoms with Crippen LogP contribution in [0, 0.1) is 6.92 Å². The molecule has 0 aliphatic carbocycles. The average molecular weight is 384 g/mol. The van der Waals surface area contributed by atoms with E-state index in [0.29, 0.717) is 25.2 Å². The third-order valence-electron chi connectivity index (χ3n) is 5.46. The second kappa shape index (κ2) is 9.68. The summed E-state index contributed by atoms with van der Waals surface area (Å²) < 4.78 is 2.00. The fourth-order valence-corrected chi connectivity index (χ4v) is 3.43. The zero-order valence-electron chi connectivity index (χ0n) is 17.5. The third kappa shape index (κ3) is 5.55. The highest BCUT2D eigenvalue weighted by Gasteiger charge is 2.21. The molecule has 2 N–H and O–H groups in total. The van der Waals surface area contributed by atoms with Gasteiger partial charge < -0.3 is 20.1 Å². The summed E-state index contributed by atoms with van der Waals surface area (Å²) in [6.45, 7) is 10.0. The van der Waals surface area contributed by atoms with Gasteiger partial charge in [0.2, 0.25) is 0 Å². The van der Waals surface area contributed by atoms with E-state index >= 15 is 0 Å². The van der Waals surface area contributed by atoms with Crippen LogP contribution in [-0.2, 0) is 20.1 Å². The summed E-state index contributed by atoms with van der Waals surface area (Å²) in [5.41, 5.74) is 1.20. The largest absolute Gasteiger partial charge is 0.354 e. The van der Waals surface area contributed by atoms with Gasteiger partial charge in [-0.15, -0.1) is 10.2 Å². The first-order valence-electron chi connectivity index (χ1n) is 10.2. The molecule has 1 aliphatic rings. The summed E-state index contributed by atoms with van der Waals surface area (Å²) >= 11 is 0. The lowest BCUT2D eigenvalue weighted by atomic mass is 10.0. The Labute approximate surface area is 168 Å². The predicted molar refractivity (Wildman–Crippen MR) is 113 cm³/mol. The van der Waals surface area contributed by atoms with Crippen LogP contribution in [0.5, 0.6) is 0 Å². The topological polar surface area (TPSA) is 70.4 Å². The molecule has 1 aliphatic heterocycles. The average Bonchev–Trinajstić information content (AvgIpc) is 3.03. The number of guanidine groups is 1. The number of hydrogen-bond acceptors (Lipinski definition) is 4. The molecule has 152 valence electrons. The number of likely N-dealkylation sites (tertiary alicyclic amines) is 1. The lowest BCUT2D eigenvalue weighted by Gasteiger charge is -2.35. The predicted octanol–water partition coefficient (Wildman–Crippen LogP) is 2.23. The van der Waals surface area contributed by atoms with Gasteiger partial charge in [-0.3, -0.25) is 0 Å². The van der Waals surface area contributed by atoms with Crippen LogP contribution in [0.3, 0.4) is 0 Å². The van der Waals surface area contributed by atoms with Crippen LogP contribution in [0.1, 0.15) is 43.9 Å². The van der Waals surface area contributed by atoms with Crippen LogP contribution in [0.2, 0.25) is 0 Å². The molecule has 2 heterocycles. The summed E-state index contributed by atoms with van der Waals surface area (Å²) in [6, 6.07) is 11.4. The van der Waals surface area contributed by atoms with Gasteiger partial charge in [0.1, 0.15) is 5.82 Å². The van der Waals surface area contributed by atoms with Gasteiger partial charge in [0, 0.05) is 32.2 Å². The minimum atomic E-state index is 0.443. The Balaban J connectivity index is 1.63. The smallest absolute Gasteiger partial charge is 0.192 e. The summed E-state index contributed by atoms with van der Waals surface area (Å²) in [7, 11) is 1.99. The Hall–Kier alpha value is -2.41. The summed E-state index contributed by atoms with van der Waals surface area (Å²) in [4.78, 5) is 7.35. The molecule has 0 saturated carbocycles. The van der Waals surface area contributed by atoms with Crippen molar-refractivity contribution >= 4 is 5.96 Å². The Bertz CT molecular complexity index is 758. The van der Waals surface area contributed by atoms with E-state index in [2.05, 4.69) is 63.8 Å². The molecule has 3 rings (SSSR count). The van der Waals surface area contributed by atoms with Crippen LogP contribution in [0.25, 0.3) is 0 Å².